The molecule has 7 nitrogen and oxygen atoms in total. The largest absolute Gasteiger partial charge is 0.444 e. The first kappa shape index (κ1) is 19.2. The third kappa shape index (κ3) is 5.23. The fraction of sp³-hybridized carbons (Fsp3) is 0.421. The Morgan fingerprint density at radius 3 is 2.48 bits per heavy atom. The van der Waals surface area contributed by atoms with Gasteiger partial charge in [-0.3, -0.25) is 0 Å². The number of carbonyl (C=O) groups is 1. The Hall–Kier alpha value is -2.54. The Kier molecular flexibility index (Phi) is 5.70. The van der Waals surface area contributed by atoms with Crippen molar-refractivity contribution in [1.29, 1.82) is 0 Å². The van der Waals surface area contributed by atoms with Crippen LogP contribution in [0.5, 0.6) is 11.6 Å². The molecule has 2 aromatic rings. The van der Waals surface area contributed by atoms with Gasteiger partial charge < -0.3 is 19.3 Å². The summed E-state index contributed by atoms with van der Waals surface area (Å²) < 4.78 is 11.2. The zero-order valence-electron chi connectivity index (χ0n) is 15.7. The fourth-order valence-corrected chi connectivity index (χ4v) is 2.82. The Morgan fingerprint density at radius 1 is 1.11 bits per heavy atom. The van der Waals surface area contributed by atoms with Crippen molar-refractivity contribution in [3.05, 3.63) is 41.7 Å². The third-order valence-electron chi connectivity index (χ3n) is 3.93. The summed E-state index contributed by atoms with van der Waals surface area (Å²) in [6, 6.07) is 9.00. The van der Waals surface area contributed by atoms with Gasteiger partial charge in [-0.2, -0.15) is 0 Å². The molecule has 0 spiro atoms. The molecule has 1 aliphatic heterocycles. The molecule has 1 aromatic carbocycles. The van der Waals surface area contributed by atoms with Crippen LogP contribution in [0.15, 0.2) is 36.7 Å². The molecule has 1 amide bonds. The summed E-state index contributed by atoms with van der Waals surface area (Å²) in [7, 11) is 0. The number of halogens is 1. The van der Waals surface area contributed by atoms with Crippen LogP contribution in [0.1, 0.15) is 20.8 Å². The van der Waals surface area contributed by atoms with E-state index in [2.05, 4.69) is 14.9 Å². The van der Waals surface area contributed by atoms with Crippen LogP contribution in [0.3, 0.4) is 0 Å². The molecule has 0 saturated carbocycles. The van der Waals surface area contributed by atoms with Gasteiger partial charge in [-0.15, -0.1) is 0 Å². The van der Waals surface area contributed by atoms with Gasteiger partial charge in [0.05, 0.1) is 5.02 Å². The number of ether oxygens (including phenoxy) is 2. The maximum atomic E-state index is 12.2. The molecule has 1 saturated heterocycles. The zero-order chi connectivity index (χ0) is 19.4. The van der Waals surface area contributed by atoms with E-state index in [1.165, 1.54) is 6.33 Å². The predicted octanol–water partition coefficient (Wildman–Crippen LogP) is 3.98. The predicted molar refractivity (Wildman–Crippen MR) is 104 cm³/mol. The van der Waals surface area contributed by atoms with Crippen molar-refractivity contribution in [2.24, 2.45) is 0 Å². The number of benzene rings is 1. The number of piperazine rings is 1. The highest BCUT2D eigenvalue weighted by Gasteiger charge is 2.26. The average Bonchev–Trinajstić information content (AvgIpc) is 2.63. The van der Waals surface area contributed by atoms with E-state index in [1.807, 2.05) is 32.9 Å². The number of anilines is 1. The SMILES string of the molecule is CC(C)(C)OC(=O)N1CCN(c2cc(Oc3ccccc3Cl)ncn2)CC1. The average molecular weight is 391 g/mol. The molecule has 0 aliphatic carbocycles. The standard InChI is InChI=1S/C19H23ClN4O3/c1-19(2,3)27-18(25)24-10-8-23(9-11-24)16-12-17(22-13-21-16)26-15-7-5-4-6-14(15)20/h4-7,12-13H,8-11H2,1-3H3. The molecule has 8 heteroatoms. The number of para-hydroxylation sites is 1. The number of nitrogens with zero attached hydrogens (tertiary/aromatic N) is 4. The molecule has 2 heterocycles. The van der Waals surface area contributed by atoms with Gasteiger partial charge >= 0.3 is 6.09 Å². The first-order chi connectivity index (χ1) is 12.8. The summed E-state index contributed by atoms with van der Waals surface area (Å²) in [5, 5.41) is 0.517. The molecular formula is C19H23ClN4O3. The topological polar surface area (TPSA) is 67.8 Å². The van der Waals surface area contributed by atoms with Gasteiger partial charge in [-0.25, -0.2) is 14.8 Å². The van der Waals surface area contributed by atoms with Gasteiger partial charge in [0.2, 0.25) is 5.88 Å². The summed E-state index contributed by atoms with van der Waals surface area (Å²) in [6.45, 7) is 8.04. The van der Waals surface area contributed by atoms with E-state index in [0.29, 0.717) is 42.8 Å². The number of aromatic nitrogens is 2. The first-order valence-electron chi connectivity index (χ1n) is 8.79. The lowest BCUT2D eigenvalue weighted by molar-refractivity contribution is 0.0240. The number of rotatable bonds is 3. The van der Waals surface area contributed by atoms with Crippen molar-refractivity contribution in [3.8, 4) is 11.6 Å². The lowest BCUT2D eigenvalue weighted by Gasteiger charge is -2.36. The number of amides is 1. The van der Waals surface area contributed by atoms with Crippen molar-refractivity contribution in [2.75, 3.05) is 31.1 Å². The van der Waals surface area contributed by atoms with E-state index in [4.69, 9.17) is 21.1 Å². The van der Waals surface area contributed by atoms with Crippen LogP contribution in [0.4, 0.5) is 10.6 Å². The quantitative estimate of drug-likeness (QED) is 0.789. The Morgan fingerprint density at radius 2 is 1.81 bits per heavy atom. The fourth-order valence-electron chi connectivity index (χ4n) is 2.64. The van der Waals surface area contributed by atoms with Gasteiger partial charge in [-0.05, 0) is 32.9 Å². The molecular weight excluding hydrogens is 368 g/mol. The zero-order valence-corrected chi connectivity index (χ0v) is 16.4. The number of carbonyl (C=O) groups excluding carboxylic acids is 1. The van der Waals surface area contributed by atoms with Gasteiger partial charge in [0.25, 0.3) is 0 Å². The molecule has 1 aliphatic rings. The van der Waals surface area contributed by atoms with Crippen molar-refractivity contribution < 1.29 is 14.3 Å². The number of hydrogen-bond acceptors (Lipinski definition) is 6. The summed E-state index contributed by atoms with van der Waals surface area (Å²) in [4.78, 5) is 24.4. The normalized spacial score (nSPS) is 14.8. The maximum absolute atomic E-state index is 12.2. The van der Waals surface area contributed by atoms with Crippen LogP contribution in [0.25, 0.3) is 0 Å². The lowest BCUT2D eigenvalue weighted by atomic mass is 10.2. The minimum Gasteiger partial charge on any atom is -0.444 e. The molecule has 27 heavy (non-hydrogen) atoms. The highest BCUT2D eigenvalue weighted by molar-refractivity contribution is 6.32. The highest BCUT2D eigenvalue weighted by atomic mass is 35.5. The molecule has 3 rings (SSSR count). The van der Waals surface area contributed by atoms with Crippen LogP contribution >= 0.6 is 11.6 Å². The van der Waals surface area contributed by atoms with E-state index >= 15 is 0 Å². The van der Waals surface area contributed by atoms with Crippen LogP contribution in [-0.4, -0.2) is 52.7 Å². The summed E-state index contributed by atoms with van der Waals surface area (Å²) in [5.41, 5.74) is -0.494. The highest BCUT2D eigenvalue weighted by Crippen LogP contribution is 2.29. The van der Waals surface area contributed by atoms with E-state index < -0.39 is 5.60 Å². The minimum absolute atomic E-state index is 0.285. The monoisotopic (exact) mass is 390 g/mol. The molecule has 0 N–H and O–H groups in total. The van der Waals surface area contributed by atoms with Gasteiger partial charge in [0.15, 0.2) is 0 Å². The Bertz CT molecular complexity index is 802. The second-order valence-electron chi connectivity index (χ2n) is 7.20. The molecule has 0 atom stereocenters. The van der Waals surface area contributed by atoms with Crippen molar-refractivity contribution in [1.82, 2.24) is 14.9 Å². The molecule has 0 bridgehead atoms. The summed E-state index contributed by atoms with van der Waals surface area (Å²) in [5.74, 6) is 1.71. The minimum atomic E-state index is -0.494. The van der Waals surface area contributed by atoms with Crippen molar-refractivity contribution in [3.63, 3.8) is 0 Å². The molecule has 0 radical (unpaired) electrons. The van der Waals surface area contributed by atoms with E-state index in [0.717, 1.165) is 5.82 Å². The second-order valence-corrected chi connectivity index (χ2v) is 7.61. The van der Waals surface area contributed by atoms with Crippen LogP contribution in [0.2, 0.25) is 5.02 Å². The van der Waals surface area contributed by atoms with E-state index in [1.54, 1.807) is 23.1 Å². The van der Waals surface area contributed by atoms with Crippen LogP contribution < -0.4 is 9.64 Å². The van der Waals surface area contributed by atoms with E-state index in [9.17, 15) is 4.79 Å². The smallest absolute Gasteiger partial charge is 0.410 e. The van der Waals surface area contributed by atoms with Gasteiger partial charge in [-0.1, -0.05) is 23.7 Å². The maximum Gasteiger partial charge on any atom is 0.410 e. The first-order valence-corrected chi connectivity index (χ1v) is 9.17. The number of hydrogen-bond donors (Lipinski definition) is 0. The third-order valence-corrected chi connectivity index (χ3v) is 4.25. The van der Waals surface area contributed by atoms with E-state index in [-0.39, 0.29) is 6.09 Å². The molecule has 0 unspecified atom stereocenters. The summed E-state index contributed by atoms with van der Waals surface area (Å²) >= 11 is 6.13. The molecule has 1 fully saturated rings. The molecule has 144 valence electrons. The van der Waals surface area contributed by atoms with Crippen molar-refractivity contribution >= 4 is 23.5 Å². The van der Waals surface area contributed by atoms with Crippen LogP contribution in [-0.2, 0) is 4.74 Å². The summed E-state index contributed by atoms with van der Waals surface area (Å²) in [6.07, 6.45) is 1.18. The van der Waals surface area contributed by atoms with Crippen molar-refractivity contribution in [2.45, 2.75) is 26.4 Å². The Labute approximate surface area is 163 Å². The lowest BCUT2D eigenvalue weighted by Crippen LogP contribution is -2.50. The van der Waals surface area contributed by atoms with Gasteiger partial charge in [0.1, 0.15) is 23.5 Å². The Balaban J connectivity index is 1.62. The second kappa shape index (κ2) is 8.00. The molecule has 1 aromatic heterocycles. The van der Waals surface area contributed by atoms with Crippen LogP contribution in [0, 0.1) is 0 Å². The van der Waals surface area contributed by atoms with Gasteiger partial charge in [0, 0.05) is 32.2 Å².